The molecular formula is C6H18La-2. The van der Waals surface area contributed by atoms with Gasteiger partial charge in [0, 0.05) is 35.6 Å². The van der Waals surface area contributed by atoms with E-state index in [1.165, 1.54) is 0 Å². The fourth-order valence-electron chi connectivity index (χ4n) is 0. The molecule has 0 aliphatic carbocycles. The van der Waals surface area contributed by atoms with Gasteiger partial charge in [-0.25, -0.2) is 0 Å². The molecule has 1 radical (unpaired) electrons. The second-order valence-electron chi connectivity index (χ2n) is 0. The summed E-state index contributed by atoms with van der Waals surface area (Å²) >= 11 is 0. The van der Waals surface area contributed by atoms with Crippen molar-refractivity contribution in [2.75, 3.05) is 0 Å². The largest absolute Gasteiger partial charge is 0.358 e. The summed E-state index contributed by atoms with van der Waals surface area (Å²) in [7, 11) is 0. The number of hydrogen-bond acceptors (Lipinski definition) is 0. The van der Waals surface area contributed by atoms with Crippen molar-refractivity contribution in [2.24, 2.45) is 0 Å². The van der Waals surface area contributed by atoms with Crippen LogP contribution in [0.1, 0.15) is 27.7 Å². The Balaban J connectivity index is -0.00000000267. The van der Waals surface area contributed by atoms with E-state index in [1.54, 1.807) is 0 Å². The first-order valence-electron chi connectivity index (χ1n) is 2.00. The van der Waals surface area contributed by atoms with Gasteiger partial charge in [-0.05, 0) is 0 Å². The van der Waals surface area contributed by atoms with Gasteiger partial charge in [-0.1, -0.05) is 27.7 Å². The molecular weight excluding hydrogens is 211 g/mol. The summed E-state index contributed by atoms with van der Waals surface area (Å²) in [5.74, 6) is 0. The molecule has 0 aromatic carbocycles. The summed E-state index contributed by atoms with van der Waals surface area (Å²) in [4.78, 5) is 0. The summed E-state index contributed by atoms with van der Waals surface area (Å²) in [6, 6.07) is 0. The van der Waals surface area contributed by atoms with Crippen LogP contribution in [0.4, 0.5) is 0 Å². The minimum absolute atomic E-state index is 0. The number of rotatable bonds is 0. The van der Waals surface area contributed by atoms with Crippen LogP contribution in [0, 0.1) is 50.5 Å². The van der Waals surface area contributed by atoms with E-state index in [1.807, 2.05) is 27.7 Å². The normalized spacial score (nSPS) is 1.71. The van der Waals surface area contributed by atoms with Crippen LogP contribution >= 0.6 is 0 Å². The predicted octanol–water partition coefficient (Wildman–Crippen LogP) is 2.95. The van der Waals surface area contributed by atoms with Gasteiger partial charge in [-0.15, -0.1) is 0 Å². The average molecular weight is 229 g/mol. The third-order valence-electron chi connectivity index (χ3n) is 0. The van der Waals surface area contributed by atoms with Gasteiger partial charge >= 0.3 is 0 Å². The zero-order valence-corrected chi connectivity index (χ0v) is 10.2. The van der Waals surface area contributed by atoms with Crippen LogP contribution in [-0.4, -0.2) is 0 Å². The van der Waals surface area contributed by atoms with Crippen LogP contribution < -0.4 is 0 Å². The van der Waals surface area contributed by atoms with Crippen LogP contribution in [0.2, 0.25) is 0 Å². The zero-order valence-electron chi connectivity index (χ0n) is 6.58. The third kappa shape index (κ3) is 136. The molecule has 0 nitrogen and oxygen atoms in total. The van der Waals surface area contributed by atoms with Crippen molar-refractivity contribution in [3.8, 4) is 0 Å². The van der Waals surface area contributed by atoms with Crippen LogP contribution in [0.25, 0.3) is 0 Å². The van der Waals surface area contributed by atoms with E-state index in [9.17, 15) is 0 Å². The molecule has 1 heteroatoms. The molecule has 47 valence electrons. The summed E-state index contributed by atoms with van der Waals surface area (Å²) in [6.45, 7) is 8.00. The Morgan fingerprint density at radius 2 is 0.571 bits per heavy atom. The van der Waals surface area contributed by atoms with E-state index in [2.05, 4.69) is 0 Å². The van der Waals surface area contributed by atoms with E-state index in [0.29, 0.717) is 0 Å². The first-order chi connectivity index (χ1) is 2.00. The Kier molecular flexibility index (Phi) is 1150. The van der Waals surface area contributed by atoms with E-state index < -0.39 is 0 Å². The molecule has 0 saturated carbocycles. The van der Waals surface area contributed by atoms with Crippen LogP contribution in [0.15, 0.2) is 0 Å². The monoisotopic (exact) mass is 229 g/mol. The van der Waals surface area contributed by atoms with Crippen molar-refractivity contribution in [1.29, 1.82) is 0 Å². The van der Waals surface area contributed by atoms with Crippen molar-refractivity contribution < 1.29 is 35.6 Å². The van der Waals surface area contributed by atoms with Gasteiger partial charge in [-0.2, -0.15) is 0 Å². The van der Waals surface area contributed by atoms with Crippen molar-refractivity contribution in [3.05, 3.63) is 14.9 Å². The van der Waals surface area contributed by atoms with Gasteiger partial charge in [0.25, 0.3) is 0 Å². The van der Waals surface area contributed by atoms with Gasteiger partial charge in [-0.3, -0.25) is 0 Å². The van der Waals surface area contributed by atoms with Crippen molar-refractivity contribution in [1.82, 2.24) is 0 Å². The minimum atomic E-state index is 0. The summed E-state index contributed by atoms with van der Waals surface area (Å²) in [5, 5.41) is 0. The topological polar surface area (TPSA) is 0 Å². The maximum Gasteiger partial charge on any atom is 0 e. The van der Waals surface area contributed by atoms with Crippen molar-refractivity contribution in [2.45, 2.75) is 27.7 Å². The molecule has 0 unspecified atom stereocenters. The zero-order chi connectivity index (χ0) is 4.00. The molecule has 0 amide bonds. The van der Waals surface area contributed by atoms with Gasteiger partial charge in [0.1, 0.15) is 0 Å². The molecule has 0 aromatic heterocycles. The molecule has 0 bridgehead atoms. The SMILES string of the molecule is CC.CC.[CH3-].[CH3-].[La]. The third-order valence-corrected chi connectivity index (χ3v) is 0. The Morgan fingerprint density at radius 1 is 0.571 bits per heavy atom. The molecule has 0 spiro atoms. The van der Waals surface area contributed by atoms with E-state index >= 15 is 0 Å². The summed E-state index contributed by atoms with van der Waals surface area (Å²) in [6.07, 6.45) is 0. The Morgan fingerprint density at radius 3 is 0.571 bits per heavy atom. The maximum absolute atomic E-state index is 2.00. The molecule has 0 aliphatic heterocycles. The molecule has 0 heterocycles. The predicted molar refractivity (Wildman–Crippen MR) is 35.5 cm³/mol. The molecule has 0 N–H and O–H groups in total. The standard InChI is InChI=1S/2C2H6.2CH3.La/c2*1-2;;;/h2*1-2H3;2*1H3;/q;;2*-1;. The summed E-state index contributed by atoms with van der Waals surface area (Å²) < 4.78 is 0. The molecule has 0 aliphatic rings. The Hall–Kier alpha value is 1.19. The van der Waals surface area contributed by atoms with E-state index in [-0.39, 0.29) is 50.5 Å². The van der Waals surface area contributed by atoms with Gasteiger partial charge in [0.15, 0.2) is 0 Å². The first-order valence-corrected chi connectivity index (χ1v) is 2.00. The van der Waals surface area contributed by atoms with Gasteiger partial charge in [0.2, 0.25) is 0 Å². The molecule has 0 saturated heterocycles. The van der Waals surface area contributed by atoms with E-state index in [4.69, 9.17) is 0 Å². The Bertz CT molecular complexity index is 4.14. The van der Waals surface area contributed by atoms with Gasteiger partial charge in [0.05, 0.1) is 0 Å². The first kappa shape index (κ1) is 41.6. The summed E-state index contributed by atoms with van der Waals surface area (Å²) in [5.41, 5.74) is 0. The maximum atomic E-state index is 2.00. The van der Waals surface area contributed by atoms with Crippen LogP contribution in [0.5, 0.6) is 0 Å². The second-order valence-corrected chi connectivity index (χ2v) is 0. The van der Waals surface area contributed by atoms with Crippen LogP contribution in [-0.2, 0) is 0 Å². The fourth-order valence-corrected chi connectivity index (χ4v) is 0. The molecule has 0 aromatic rings. The van der Waals surface area contributed by atoms with Crippen molar-refractivity contribution >= 4 is 0 Å². The molecule has 0 rings (SSSR count). The van der Waals surface area contributed by atoms with Crippen LogP contribution in [0.3, 0.4) is 0 Å². The molecule has 0 atom stereocenters. The minimum Gasteiger partial charge on any atom is -0.358 e. The number of hydrogen-bond donors (Lipinski definition) is 0. The van der Waals surface area contributed by atoms with E-state index in [0.717, 1.165) is 0 Å². The van der Waals surface area contributed by atoms with Gasteiger partial charge < -0.3 is 14.9 Å². The Labute approximate surface area is 77.7 Å². The second kappa shape index (κ2) is 193. The fraction of sp³-hybridized carbons (Fsp3) is 0.667. The quantitative estimate of drug-likeness (QED) is 0.560. The van der Waals surface area contributed by atoms with Crippen molar-refractivity contribution in [3.63, 3.8) is 0 Å². The average Bonchev–Trinajstić information content (AvgIpc) is 1.50. The molecule has 7 heavy (non-hydrogen) atoms. The smallest absolute Gasteiger partial charge is 0 e. The molecule has 0 fully saturated rings.